The van der Waals surface area contributed by atoms with Gasteiger partial charge in [0.15, 0.2) is 11.6 Å². The van der Waals surface area contributed by atoms with Gasteiger partial charge in [-0.1, -0.05) is 12.1 Å². The van der Waals surface area contributed by atoms with Gasteiger partial charge in [0.05, 0.1) is 17.5 Å². The first-order valence-corrected chi connectivity index (χ1v) is 13.6. The van der Waals surface area contributed by atoms with Crippen molar-refractivity contribution < 1.29 is 34.1 Å². The Hall–Kier alpha value is -3.76. The lowest BCUT2D eigenvalue weighted by Gasteiger charge is -2.46. The second-order valence-electron chi connectivity index (χ2n) is 11.8. The summed E-state index contributed by atoms with van der Waals surface area (Å²) in [7, 11) is 3.30. The van der Waals surface area contributed by atoms with Gasteiger partial charge in [0, 0.05) is 28.5 Å². The van der Waals surface area contributed by atoms with E-state index in [1.165, 1.54) is 12.8 Å². The van der Waals surface area contributed by atoms with Crippen molar-refractivity contribution in [2.75, 3.05) is 20.6 Å². The number of primary amides is 1. The topological polar surface area (TPSA) is 153 Å². The Kier molecular flexibility index (Phi) is 6.23. The maximum absolute atomic E-state index is 16.0. The number of benzene rings is 2. The standard InChI is InChI=1S/C30H32FN3O6/c1-34(2)24-18-9-14-8-17-20(26(36)19(14)27(37)21(18)28(38)22(29(24)39)30(32)40)25(35)16-7-13(5-6-15(16)23(17)31)11-33-10-12-3-4-12/h5-7,12,14,18,21,24,33,35-36,39H,3-4,8-11H2,1-2H3,(H2,32,40)/t14-,18+,21?,24-/m0/s1. The smallest absolute Gasteiger partial charge is 0.255 e. The molecule has 0 spiro atoms. The summed E-state index contributed by atoms with van der Waals surface area (Å²) < 4.78 is 16.0. The van der Waals surface area contributed by atoms with Gasteiger partial charge in [-0.2, -0.15) is 0 Å². The van der Waals surface area contributed by atoms with Crippen molar-refractivity contribution in [1.29, 1.82) is 0 Å². The lowest BCUT2D eigenvalue weighted by molar-refractivity contribution is -0.136. The summed E-state index contributed by atoms with van der Waals surface area (Å²) in [5.41, 5.74) is 5.51. The highest BCUT2D eigenvalue weighted by Gasteiger charge is 2.56. The number of likely N-dealkylation sites (N-methyl/N-ethyl adjacent to an activating group) is 1. The zero-order valence-electron chi connectivity index (χ0n) is 22.3. The van der Waals surface area contributed by atoms with Gasteiger partial charge in [-0.15, -0.1) is 0 Å². The molecule has 210 valence electrons. The molecule has 1 unspecified atom stereocenters. The molecule has 2 aromatic carbocycles. The second kappa shape index (κ2) is 9.42. The number of Topliss-reactive ketones (excluding diaryl/α,β-unsaturated/α-hetero) is 2. The van der Waals surface area contributed by atoms with Crippen LogP contribution in [0, 0.1) is 29.5 Å². The average molecular weight is 550 g/mol. The van der Waals surface area contributed by atoms with Crippen molar-refractivity contribution >= 4 is 34.0 Å². The molecule has 2 fully saturated rings. The predicted octanol–water partition coefficient (Wildman–Crippen LogP) is 2.64. The van der Waals surface area contributed by atoms with Crippen molar-refractivity contribution in [2.45, 2.75) is 38.3 Å². The number of aliphatic hydroxyl groups excluding tert-OH is 2. The largest absolute Gasteiger partial charge is 0.510 e. The maximum atomic E-state index is 16.0. The molecule has 9 nitrogen and oxygen atoms in total. The summed E-state index contributed by atoms with van der Waals surface area (Å²) >= 11 is 0. The van der Waals surface area contributed by atoms with E-state index in [0.29, 0.717) is 12.5 Å². The Morgan fingerprint density at radius 3 is 2.50 bits per heavy atom. The number of nitrogens with two attached hydrogens (primary N) is 1. The molecule has 10 heteroatoms. The summed E-state index contributed by atoms with van der Waals surface area (Å²) in [6.45, 7) is 1.43. The minimum absolute atomic E-state index is 0.0191. The average Bonchev–Trinajstić information content (AvgIpc) is 3.70. The molecular weight excluding hydrogens is 517 g/mol. The number of rotatable bonds is 6. The predicted molar refractivity (Wildman–Crippen MR) is 145 cm³/mol. The minimum atomic E-state index is -1.35. The number of nitrogens with zero attached hydrogens (tertiary/aromatic N) is 1. The molecule has 0 aliphatic heterocycles. The molecule has 0 bridgehead atoms. The number of nitrogens with one attached hydrogen (secondary N) is 1. The molecular formula is C30H32FN3O6. The number of carbonyl (C=O) groups is 3. The normalized spacial score (nSPS) is 26.3. The third-order valence-electron chi connectivity index (χ3n) is 9.00. The van der Waals surface area contributed by atoms with Gasteiger partial charge in [-0.3, -0.25) is 19.3 Å². The van der Waals surface area contributed by atoms with E-state index in [1.54, 1.807) is 37.2 Å². The van der Waals surface area contributed by atoms with Gasteiger partial charge in [0.1, 0.15) is 28.7 Å². The lowest BCUT2D eigenvalue weighted by Crippen LogP contribution is -2.55. The van der Waals surface area contributed by atoms with Crippen LogP contribution >= 0.6 is 0 Å². The van der Waals surface area contributed by atoms with Gasteiger partial charge < -0.3 is 26.4 Å². The van der Waals surface area contributed by atoms with Crippen LogP contribution in [0.15, 0.2) is 35.1 Å². The number of halogens is 1. The highest BCUT2D eigenvalue weighted by molar-refractivity contribution is 6.28. The van der Waals surface area contributed by atoms with Crippen LogP contribution in [-0.4, -0.2) is 64.4 Å². The Bertz CT molecular complexity index is 1560. The summed E-state index contributed by atoms with van der Waals surface area (Å²) in [5.74, 6) is -6.72. The molecule has 4 aliphatic rings. The number of allylic oxidation sites excluding steroid dienone is 1. The summed E-state index contributed by atoms with van der Waals surface area (Å²) in [4.78, 5) is 40.9. The summed E-state index contributed by atoms with van der Waals surface area (Å²) in [6, 6.07) is 4.25. The molecule has 40 heavy (non-hydrogen) atoms. The molecule has 2 aromatic rings. The van der Waals surface area contributed by atoms with Gasteiger partial charge in [0.2, 0.25) is 0 Å². The molecule has 0 radical (unpaired) electrons. The van der Waals surface area contributed by atoms with E-state index in [4.69, 9.17) is 5.73 Å². The highest BCUT2D eigenvalue weighted by Crippen LogP contribution is 2.52. The fourth-order valence-corrected chi connectivity index (χ4v) is 6.98. The van der Waals surface area contributed by atoms with Crippen molar-refractivity contribution in [2.24, 2.45) is 29.4 Å². The van der Waals surface area contributed by atoms with E-state index in [2.05, 4.69) is 5.32 Å². The van der Waals surface area contributed by atoms with Crippen LogP contribution in [-0.2, 0) is 27.3 Å². The molecule has 0 heterocycles. The molecule has 2 saturated carbocycles. The zero-order valence-corrected chi connectivity index (χ0v) is 22.3. The first-order chi connectivity index (χ1) is 19.0. The number of phenolic OH excluding ortho intramolecular Hbond substituents is 1. The van der Waals surface area contributed by atoms with Crippen LogP contribution in [0.1, 0.15) is 36.0 Å². The maximum Gasteiger partial charge on any atom is 0.255 e. The first-order valence-electron chi connectivity index (χ1n) is 13.6. The minimum Gasteiger partial charge on any atom is -0.510 e. The number of hydrogen-bond acceptors (Lipinski definition) is 8. The fraction of sp³-hybridized carbons (Fsp3) is 0.433. The number of hydrogen-bond donors (Lipinski definition) is 5. The molecule has 6 rings (SSSR count). The Balaban J connectivity index is 1.45. The molecule has 6 N–H and O–H groups in total. The Morgan fingerprint density at radius 2 is 1.85 bits per heavy atom. The van der Waals surface area contributed by atoms with Crippen molar-refractivity contribution in [1.82, 2.24) is 10.2 Å². The van der Waals surface area contributed by atoms with Crippen LogP contribution < -0.4 is 11.1 Å². The van der Waals surface area contributed by atoms with E-state index in [1.807, 2.05) is 0 Å². The molecule has 4 aliphatic carbocycles. The monoisotopic (exact) mass is 549 g/mol. The number of aromatic hydroxyl groups is 1. The SMILES string of the molecule is CN(C)[C@@H]1C(O)=C(C(N)=O)C(=O)C2C(=O)C3=C(O)c4c(c(F)c5ccc(CNCC6CC6)cc5c4O)C[C@H]3C[C@H]21. The number of ketones is 2. The number of aliphatic hydroxyl groups is 2. The van der Waals surface area contributed by atoms with E-state index in [0.717, 1.165) is 12.1 Å². The highest BCUT2D eigenvalue weighted by atomic mass is 19.1. The van der Waals surface area contributed by atoms with E-state index in [-0.39, 0.29) is 46.1 Å². The summed E-state index contributed by atoms with van der Waals surface area (Å²) in [6.07, 6.45) is 2.61. The number of phenols is 1. The Morgan fingerprint density at radius 1 is 1.12 bits per heavy atom. The van der Waals surface area contributed by atoms with Gasteiger partial charge >= 0.3 is 0 Å². The van der Waals surface area contributed by atoms with Gasteiger partial charge in [-0.05, 0) is 75.7 Å². The van der Waals surface area contributed by atoms with Crippen LogP contribution in [0.25, 0.3) is 16.5 Å². The molecule has 1 amide bonds. The third kappa shape index (κ3) is 3.92. The fourth-order valence-electron chi connectivity index (χ4n) is 6.98. The van der Waals surface area contributed by atoms with Crippen LogP contribution in [0.2, 0.25) is 0 Å². The number of carbonyl (C=O) groups excluding carboxylic acids is 3. The van der Waals surface area contributed by atoms with Gasteiger partial charge in [0.25, 0.3) is 5.91 Å². The first kappa shape index (κ1) is 26.5. The van der Waals surface area contributed by atoms with Crippen LogP contribution in [0.3, 0.4) is 0 Å². The van der Waals surface area contributed by atoms with Crippen LogP contribution in [0.4, 0.5) is 4.39 Å². The lowest BCUT2D eigenvalue weighted by atomic mass is 9.59. The van der Waals surface area contributed by atoms with E-state index < -0.39 is 64.2 Å². The number of amides is 1. The molecule has 0 aromatic heterocycles. The quantitative estimate of drug-likeness (QED) is 0.272. The van der Waals surface area contributed by atoms with Crippen LogP contribution in [0.5, 0.6) is 5.75 Å². The zero-order chi connectivity index (χ0) is 28.6. The van der Waals surface area contributed by atoms with E-state index in [9.17, 15) is 29.7 Å². The molecule has 0 saturated heterocycles. The van der Waals surface area contributed by atoms with E-state index >= 15 is 4.39 Å². The van der Waals surface area contributed by atoms with Crippen molar-refractivity contribution in [3.63, 3.8) is 0 Å². The Labute approximate surface area is 230 Å². The van der Waals surface area contributed by atoms with Crippen molar-refractivity contribution in [3.8, 4) is 5.75 Å². The molecule has 4 atom stereocenters. The number of fused-ring (bicyclic) bond motifs is 4. The van der Waals surface area contributed by atoms with Gasteiger partial charge in [-0.25, -0.2) is 4.39 Å². The third-order valence-corrected chi connectivity index (χ3v) is 9.00. The van der Waals surface area contributed by atoms with Crippen molar-refractivity contribution in [3.05, 3.63) is 57.6 Å². The summed E-state index contributed by atoms with van der Waals surface area (Å²) in [5, 5.41) is 37.3. The second-order valence-corrected chi connectivity index (χ2v) is 11.8.